The lowest BCUT2D eigenvalue weighted by atomic mass is 9.93. The van der Waals surface area contributed by atoms with Crippen LogP contribution in [0.25, 0.3) is 0 Å². The minimum absolute atomic E-state index is 0.298. The molecule has 0 radical (unpaired) electrons. The van der Waals surface area contributed by atoms with Crippen molar-refractivity contribution in [3.8, 4) is 12.3 Å². The van der Waals surface area contributed by atoms with Gasteiger partial charge in [0.25, 0.3) is 0 Å². The van der Waals surface area contributed by atoms with Gasteiger partial charge in [-0.2, -0.15) is 0 Å². The fraction of sp³-hybridized carbons (Fsp3) is 0.652. The molecule has 1 unspecified atom stereocenters. The lowest BCUT2D eigenvalue weighted by molar-refractivity contribution is 0.575. The summed E-state index contributed by atoms with van der Waals surface area (Å²) in [6.45, 7) is 4.50. The van der Waals surface area contributed by atoms with E-state index in [2.05, 4.69) is 44.0 Å². The topological polar surface area (TPSA) is 0 Å². The zero-order valence-electron chi connectivity index (χ0n) is 15.4. The normalized spacial score (nSPS) is 12.0. The van der Waals surface area contributed by atoms with Gasteiger partial charge in [0.05, 0.1) is 0 Å². The second-order valence-electron chi connectivity index (χ2n) is 6.83. The summed E-state index contributed by atoms with van der Waals surface area (Å²) in [5, 5.41) is 0. The Hall–Kier alpha value is -1.22. The van der Waals surface area contributed by atoms with E-state index in [1.807, 2.05) is 0 Å². The highest BCUT2D eigenvalue weighted by molar-refractivity contribution is 5.30. The van der Waals surface area contributed by atoms with Gasteiger partial charge in [-0.15, -0.1) is 6.42 Å². The summed E-state index contributed by atoms with van der Waals surface area (Å²) in [7, 11) is 0. The molecule has 0 saturated heterocycles. The third-order valence-corrected chi connectivity index (χ3v) is 4.75. The zero-order valence-corrected chi connectivity index (χ0v) is 15.4. The van der Waals surface area contributed by atoms with Crippen LogP contribution in [0, 0.1) is 12.3 Å². The minimum atomic E-state index is 0.298. The number of hydrogen-bond donors (Lipinski definition) is 0. The van der Waals surface area contributed by atoms with Gasteiger partial charge >= 0.3 is 0 Å². The van der Waals surface area contributed by atoms with Crippen molar-refractivity contribution in [3.05, 3.63) is 35.4 Å². The van der Waals surface area contributed by atoms with Crippen LogP contribution in [-0.4, -0.2) is 0 Å². The molecule has 0 heterocycles. The van der Waals surface area contributed by atoms with Gasteiger partial charge in [-0.3, -0.25) is 0 Å². The largest absolute Gasteiger partial charge is 0.119 e. The molecular weight excluding hydrogens is 276 g/mol. The Morgan fingerprint density at radius 1 is 0.783 bits per heavy atom. The number of terminal acetylenes is 1. The Labute approximate surface area is 145 Å². The molecule has 0 nitrogen and oxygen atoms in total. The predicted octanol–water partition coefficient (Wildman–Crippen LogP) is 7.28. The molecule has 0 aromatic heterocycles. The molecule has 128 valence electrons. The summed E-state index contributed by atoms with van der Waals surface area (Å²) >= 11 is 0. The van der Waals surface area contributed by atoms with E-state index in [1.165, 1.54) is 81.8 Å². The first-order valence-electron chi connectivity index (χ1n) is 9.86. The molecule has 0 saturated carbocycles. The predicted molar refractivity (Wildman–Crippen MR) is 104 cm³/mol. The van der Waals surface area contributed by atoms with Crippen LogP contribution in [0.2, 0.25) is 0 Å². The van der Waals surface area contributed by atoms with Gasteiger partial charge in [0.1, 0.15) is 0 Å². The summed E-state index contributed by atoms with van der Waals surface area (Å²) in [6.07, 6.45) is 21.6. The number of unbranched alkanes of at least 4 members (excludes halogenated alkanes) is 8. The molecule has 1 aromatic rings. The van der Waals surface area contributed by atoms with Crippen molar-refractivity contribution < 1.29 is 0 Å². The first-order chi connectivity index (χ1) is 11.3. The smallest absolute Gasteiger partial charge is 0.0449 e. The van der Waals surface area contributed by atoms with Gasteiger partial charge < -0.3 is 0 Å². The maximum atomic E-state index is 5.69. The van der Waals surface area contributed by atoms with E-state index in [9.17, 15) is 0 Å². The molecular formula is C23H36. The summed E-state index contributed by atoms with van der Waals surface area (Å²) in [6, 6.07) is 9.07. The third-order valence-electron chi connectivity index (χ3n) is 4.75. The van der Waals surface area contributed by atoms with E-state index < -0.39 is 0 Å². The van der Waals surface area contributed by atoms with Gasteiger partial charge in [0, 0.05) is 5.92 Å². The maximum absolute atomic E-state index is 5.69. The Balaban J connectivity index is 2.22. The van der Waals surface area contributed by atoms with E-state index in [-0.39, 0.29) is 0 Å². The van der Waals surface area contributed by atoms with Crippen molar-refractivity contribution in [2.75, 3.05) is 0 Å². The molecule has 0 aliphatic heterocycles. The van der Waals surface area contributed by atoms with E-state index in [1.54, 1.807) is 0 Å². The molecule has 0 spiro atoms. The van der Waals surface area contributed by atoms with Crippen LogP contribution in [-0.2, 0) is 6.42 Å². The number of hydrogen-bond acceptors (Lipinski definition) is 0. The quantitative estimate of drug-likeness (QED) is 0.265. The van der Waals surface area contributed by atoms with Crippen LogP contribution >= 0.6 is 0 Å². The molecule has 0 bridgehead atoms. The first kappa shape index (κ1) is 19.8. The second-order valence-corrected chi connectivity index (χ2v) is 6.83. The molecule has 0 amide bonds. The lowest BCUT2D eigenvalue weighted by Crippen LogP contribution is -1.96. The van der Waals surface area contributed by atoms with Gasteiger partial charge in [-0.25, -0.2) is 0 Å². The second kappa shape index (κ2) is 13.2. The van der Waals surface area contributed by atoms with Crippen molar-refractivity contribution in [1.82, 2.24) is 0 Å². The summed E-state index contributed by atoms with van der Waals surface area (Å²) < 4.78 is 0. The Kier molecular flexibility index (Phi) is 11.4. The van der Waals surface area contributed by atoms with E-state index in [0.29, 0.717) is 5.92 Å². The molecule has 1 rings (SSSR count). The fourth-order valence-electron chi connectivity index (χ4n) is 3.13. The van der Waals surface area contributed by atoms with Gasteiger partial charge in [0.15, 0.2) is 0 Å². The van der Waals surface area contributed by atoms with Crippen LogP contribution in [0.5, 0.6) is 0 Å². The van der Waals surface area contributed by atoms with Gasteiger partial charge in [0.2, 0.25) is 0 Å². The standard InChI is InChI=1S/C23H36/c1-4-7-9-10-11-12-13-14-15-21-17-19-23(20-18-21)22(6-3)16-8-5-2/h3,17-20,22H,4-5,7-16H2,1-2H3. The molecule has 0 N–H and O–H groups in total. The number of aryl methyl sites for hydroxylation is 1. The molecule has 1 atom stereocenters. The maximum Gasteiger partial charge on any atom is 0.0449 e. The highest BCUT2D eigenvalue weighted by Crippen LogP contribution is 2.22. The molecule has 0 fully saturated rings. The average molecular weight is 313 g/mol. The van der Waals surface area contributed by atoms with E-state index in [4.69, 9.17) is 6.42 Å². The first-order valence-corrected chi connectivity index (χ1v) is 9.86. The molecule has 23 heavy (non-hydrogen) atoms. The van der Waals surface area contributed by atoms with Crippen LogP contribution in [0.3, 0.4) is 0 Å². The van der Waals surface area contributed by atoms with Crippen molar-refractivity contribution >= 4 is 0 Å². The van der Waals surface area contributed by atoms with Gasteiger partial charge in [-0.1, -0.05) is 102 Å². The Morgan fingerprint density at radius 3 is 1.91 bits per heavy atom. The lowest BCUT2D eigenvalue weighted by Gasteiger charge is -2.11. The average Bonchev–Trinajstić information content (AvgIpc) is 2.59. The summed E-state index contributed by atoms with van der Waals surface area (Å²) in [4.78, 5) is 0. The van der Waals surface area contributed by atoms with E-state index in [0.717, 1.165) is 6.42 Å². The van der Waals surface area contributed by atoms with E-state index >= 15 is 0 Å². The van der Waals surface area contributed by atoms with Gasteiger partial charge in [-0.05, 0) is 30.4 Å². The van der Waals surface area contributed by atoms with Crippen LogP contribution < -0.4 is 0 Å². The molecule has 1 aromatic carbocycles. The van der Waals surface area contributed by atoms with Crippen LogP contribution in [0.1, 0.15) is 102 Å². The molecule has 0 heteroatoms. The number of rotatable bonds is 13. The molecule has 0 aliphatic carbocycles. The van der Waals surface area contributed by atoms with Crippen LogP contribution in [0.15, 0.2) is 24.3 Å². The fourth-order valence-corrected chi connectivity index (χ4v) is 3.13. The van der Waals surface area contributed by atoms with Crippen molar-refractivity contribution in [2.45, 2.75) is 96.8 Å². The monoisotopic (exact) mass is 312 g/mol. The molecule has 0 aliphatic rings. The highest BCUT2D eigenvalue weighted by atomic mass is 14.1. The SMILES string of the molecule is C#CC(CCCC)c1ccc(CCCCCCCCCC)cc1. The third kappa shape index (κ3) is 8.85. The minimum Gasteiger partial charge on any atom is -0.119 e. The van der Waals surface area contributed by atoms with Crippen LogP contribution in [0.4, 0.5) is 0 Å². The number of benzene rings is 1. The summed E-state index contributed by atoms with van der Waals surface area (Å²) in [5.74, 6) is 3.25. The van der Waals surface area contributed by atoms with Crippen molar-refractivity contribution in [1.29, 1.82) is 0 Å². The van der Waals surface area contributed by atoms with Crippen molar-refractivity contribution in [2.24, 2.45) is 0 Å². The Morgan fingerprint density at radius 2 is 1.35 bits per heavy atom. The van der Waals surface area contributed by atoms with Crippen molar-refractivity contribution in [3.63, 3.8) is 0 Å². The highest BCUT2D eigenvalue weighted by Gasteiger charge is 2.07. The Bertz CT molecular complexity index is 420. The summed E-state index contributed by atoms with van der Waals surface area (Å²) in [5.41, 5.74) is 2.78. The zero-order chi connectivity index (χ0) is 16.8.